The number of carbonyl (C=O) groups is 4. The van der Waals surface area contributed by atoms with Gasteiger partial charge < -0.3 is 40.7 Å². The molecule has 13 heteroatoms. The highest BCUT2D eigenvalue weighted by molar-refractivity contribution is 7.99. The lowest BCUT2D eigenvalue weighted by Crippen LogP contribution is -2.90. The zero-order valence-corrected chi connectivity index (χ0v) is 18.2. The molecule has 6 N–H and O–H groups in total. The smallest absolute Gasteiger partial charge is 0.290 e. The summed E-state index contributed by atoms with van der Waals surface area (Å²) < 4.78 is 11.1. The fourth-order valence-electron chi connectivity index (χ4n) is 4.37. The van der Waals surface area contributed by atoms with E-state index in [1.165, 1.54) is 20.9 Å². The van der Waals surface area contributed by atoms with Gasteiger partial charge in [-0.3, -0.25) is 19.2 Å². The van der Waals surface area contributed by atoms with Crippen LogP contribution < -0.4 is 16.0 Å². The van der Waals surface area contributed by atoms with Crippen LogP contribution in [0.15, 0.2) is 0 Å². The summed E-state index contributed by atoms with van der Waals surface area (Å²) in [6.07, 6.45) is -1.89. The van der Waals surface area contributed by atoms with Gasteiger partial charge >= 0.3 is 0 Å². The Bertz CT molecular complexity index is 808. The molecule has 3 heterocycles. The highest BCUT2D eigenvalue weighted by Crippen LogP contribution is 2.56. The SMILES string of the molecule is CNC(=O)[C@H](CSC[C@]12CCO[C@@]3(NC(=O)C1=O)[C@@H](O)[C@@](C)(O)CO[C@@]23O)NC(C)=O. The third-order valence-corrected chi connectivity index (χ3v) is 7.34. The number of ether oxygens (including phenoxy) is 2. The van der Waals surface area contributed by atoms with Gasteiger partial charge in [0.05, 0.1) is 13.2 Å². The maximum Gasteiger partial charge on any atom is 0.290 e. The maximum absolute atomic E-state index is 13.0. The zero-order chi connectivity index (χ0) is 23.2. The summed E-state index contributed by atoms with van der Waals surface area (Å²) in [7, 11) is 1.41. The molecule has 3 amide bonds. The zero-order valence-electron chi connectivity index (χ0n) is 17.4. The fraction of sp³-hybridized carbons (Fsp3) is 0.778. The van der Waals surface area contributed by atoms with Crippen LogP contribution in [0.25, 0.3) is 0 Å². The average Bonchev–Trinajstić information content (AvgIpc) is 2.70. The van der Waals surface area contributed by atoms with Gasteiger partial charge in [0, 0.05) is 25.5 Å². The molecule has 0 aromatic carbocycles. The number of nitrogens with one attached hydrogen (secondary N) is 3. The molecule has 0 aliphatic carbocycles. The number of rotatable bonds is 6. The van der Waals surface area contributed by atoms with E-state index in [-0.39, 0.29) is 24.5 Å². The van der Waals surface area contributed by atoms with Crippen LogP contribution in [0.1, 0.15) is 20.3 Å². The van der Waals surface area contributed by atoms with E-state index < -0.39 is 64.8 Å². The molecular weight excluding hydrogens is 434 g/mol. The Morgan fingerprint density at radius 2 is 2.00 bits per heavy atom. The molecule has 0 unspecified atom stereocenters. The molecule has 3 aliphatic rings. The van der Waals surface area contributed by atoms with Crippen molar-refractivity contribution in [2.24, 2.45) is 5.41 Å². The van der Waals surface area contributed by atoms with E-state index >= 15 is 0 Å². The summed E-state index contributed by atoms with van der Waals surface area (Å²) in [4.78, 5) is 49.0. The Morgan fingerprint density at radius 1 is 1.32 bits per heavy atom. The Kier molecular flexibility index (Phi) is 6.14. The molecule has 3 fully saturated rings. The number of piperidine rings is 1. The third kappa shape index (κ3) is 3.43. The van der Waals surface area contributed by atoms with Gasteiger partial charge in [-0.15, -0.1) is 0 Å². The van der Waals surface area contributed by atoms with E-state index in [0.29, 0.717) is 0 Å². The topological polar surface area (TPSA) is 184 Å². The summed E-state index contributed by atoms with van der Waals surface area (Å²) in [5, 5.41) is 39.9. The number of aliphatic hydroxyl groups is 3. The van der Waals surface area contributed by atoms with E-state index in [1.54, 1.807) is 0 Å². The van der Waals surface area contributed by atoms with Crippen molar-refractivity contribution >= 4 is 35.3 Å². The lowest BCUT2D eigenvalue weighted by molar-refractivity contribution is -0.444. The summed E-state index contributed by atoms with van der Waals surface area (Å²) >= 11 is 1.05. The quantitative estimate of drug-likeness (QED) is 0.218. The van der Waals surface area contributed by atoms with Gasteiger partial charge in [-0.05, 0) is 13.3 Å². The van der Waals surface area contributed by atoms with Crippen LogP contribution >= 0.6 is 11.8 Å². The summed E-state index contributed by atoms with van der Waals surface area (Å²) in [5.41, 5.74) is -5.93. The number of thioether (sulfide) groups is 1. The number of Topliss-reactive ketones (excluding diaryl/α,β-unsaturated/α-hetero) is 1. The number of carbonyl (C=O) groups excluding carboxylic acids is 4. The standard InChI is InChI=1S/C18H27N3O9S/c1-9(22)20-10(12(24)19-3)6-31-8-16-4-5-29-17(21-13(25)11(16)23)14(26)15(2,27)7-30-18(16,17)28/h10,14,26-28H,4-8H2,1-3H3,(H,19,24)(H,20,22)(H,21,25)/t10-,14-,15-,16+,17-,18-/m0/s1. The van der Waals surface area contributed by atoms with Crippen LogP contribution in [0.2, 0.25) is 0 Å². The number of aliphatic hydroxyl groups excluding tert-OH is 1. The first-order valence-corrected chi connectivity index (χ1v) is 10.9. The van der Waals surface area contributed by atoms with Gasteiger partial charge in [-0.1, -0.05) is 0 Å². The molecule has 6 atom stereocenters. The monoisotopic (exact) mass is 461 g/mol. The molecule has 12 nitrogen and oxygen atoms in total. The van der Waals surface area contributed by atoms with Crippen molar-refractivity contribution < 1.29 is 44.0 Å². The van der Waals surface area contributed by atoms with Crippen LogP contribution in [0.3, 0.4) is 0 Å². The first-order chi connectivity index (χ1) is 14.4. The second-order valence-electron chi connectivity index (χ2n) is 8.27. The molecule has 0 radical (unpaired) electrons. The van der Waals surface area contributed by atoms with Crippen LogP contribution in [0.5, 0.6) is 0 Å². The van der Waals surface area contributed by atoms with Gasteiger partial charge in [-0.25, -0.2) is 0 Å². The molecule has 0 spiro atoms. The fourth-order valence-corrected chi connectivity index (χ4v) is 5.78. The first-order valence-electron chi connectivity index (χ1n) is 9.71. The molecule has 3 saturated heterocycles. The molecule has 0 aromatic rings. The average molecular weight is 461 g/mol. The van der Waals surface area contributed by atoms with Gasteiger partial charge in [0.15, 0.2) is 0 Å². The lowest BCUT2D eigenvalue weighted by atomic mass is 9.61. The van der Waals surface area contributed by atoms with E-state index in [4.69, 9.17) is 9.47 Å². The van der Waals surface area contributed by atoms with Crippen LogP contribution in [-0.4, -0.2) is 99.9 Å². The number of hydrogen-bond acceptors (Lipinski definition) is 10. The van der Waals surface area contributed by atoms with E-state index in [2.05, 4.69) is 16.0 Å². The minimum absolute atomic E-state index is 0.0418. The summed E-state index contributed by atoms with van der Waals surface area (Å²) in [6.45, 7) is 1.88. The van der Waals surface area contributed by atoms with Crippen molar-refractivity contribution in [3.8, 4) is 0 Å². The predicted molar refractivity (Wildman–Crippen MR) is 105 cm³/mol. The number of hydrogen-bond donors (Lipinski definition) is 6. The van der Waals surface area contributed by atoms with Crippen LogP contribution in [0, 0.1) is 5.41 Å². The molecule has 0 aromatic heterocycles. The van der Waals surface area contributed by atoms with Crippen molar-refractivity contribution in [2.45, 2.75) is 49.5 Å². The van der Waals surface area contributed by atoms with Crippen molar-refractivity contribution in [3.63, 3.8) is 0 Å². The largest absolute Gasteiger partial charge is 0.385 e. The molecule has 3 aliphatic heterocycles. The minimum Gasteiger partial charge on any atom is -0.385 e. The van der Waals surface area contributed by atoms with Crippen molar-refractivity contribution in [3.05, 3.63) is 0 Å². The minimum atomic E-state index is -2.46. The first kappa shape index (κ1) is 23.9. The Morgan fingerprint density at radius 3 is 2.61 bits per heavy atom. The molecule has 31 heavy (non-hydrogen) atoms. The van der Waals surface area contributed by atoms with Gasteiger partial charge in [0.25, 0.3) is 5.91 Å². The summed E-state index contributed by atoms with van der Waals surface area (Å²) in [5.74, 6) is -5.50. The van der Waals surface area contributed by atoms with E-state index in [9.17, 15) is 34.5 Å². The molecule has 174 valence electrons. The lowest BCUT2D eigenvalue weighted by Gasteiger charge is -2.65. The van der Waals surface area contributed by atoms with Gasteiger partial charge in [0.2, 0.25) is 29.1 Å². The molecule has 0 saturated carbocycles. The van der Waals surface area contributed by atoms with Crippen molar-refractivity contribution in [1.29, 1.82) is 0 Å². The van der Waals surface area contributed by atoms with Crippen molar-refractivity contribution in [2.75, 3.05) is 31.8 Å². The Balaban J connectivity index is 1.92. The molecule has 3 rings (SSSR count). The van der Waals surface area contributed by atoms with Gasteiger partial charge in [0.1, 0.15) is 23.2 Å². The predicted octanol–water partition coefficient (Wildman–Crippen LogP) is -3.40. The number of ketones is 1. The van der Waals surface area contributed by atoms with Gasteiger partial charge in [-0.2, -0.15) is 11.8 Å². The third-order valence-electron chi connectivity index (χ3n) is 6.07. The molecular formula is C18H27N3O9S. The highest BCUT2D eigenvalue weighted by atomic mass is 32.2. The molecule has 2 bridgehead atoms. The Hall–Kier alpha value is -1.77. The second-order valence-corrected chi connectivity index (χ2v) is 9.30. The highest BCUT2D eigenvalue weighted by Gasteiger charge is 2.80. The Labute approximate surface area is 182 Å². The van der Waals surface area contributed by atoms with Crippen LogP contribution in [-0.2, 0) is 28.7 Å². The van der Waals surface area contributed by atoms with Crippen molar-refractivity contribution in [1.82, 2.24) is 16.0 Å². The maximum atomic E-state index is 13.0. The summed E-state index contributed by atoms with van der Waals surface area (Å²) in [6, 6.07) is -0.908. The van der Waals surface area contributed by atoms with E-state index in [1.807, 2.05) is 0 Å². The van der Waals surface area contributed by atoms with E-state index in [0.717, 1.165) is 11.8 Å². The second kappa shape index (κ2) is 7.98. The normalized spacial score (nSPS) is 40.4. The van der Waals surface area contributed by atoms with Crippen LogP contribution in [0.4, 0.5) is 0 Å². The number of likely N-dealkylation sites (N-methyl/N-ethyl adjacent to an activating group) is 1. The number of amides is 3.